The summed E-state index contributed by atoms with van der Waals surface area (Å²) in [6.45, 7) is 5.12. The van der Waals surface area contributed by atoms with Gasteiger partial charge in [-0.05, 0) is 59.9 Å². The normalized spacial score (nSPS) is 16.4. The summed E-state index contributed by atoms with van der Waals surface area (Å²) in [5.74, 6) is -0.625. The van der Waals surface area contributed by atoms with Crippen molar-refractivity contribution < 1.29 is 19.1 Å². The summed E-state index contributed by atoms with van der Waals surface area (Å²) in [6, 6.07) is 19.6. The average molecular weight is 534 g/mol. The maximum absolute atomic E-state index is 13.8. The van der Waals surface area contributed by atoms with Crippen LogP contribution in [-0.4, -0.2) is 43.5 Å². The molecule has 7 nitrogen and oxygen atoms in total. The van der Waals surface area contributed by atoms with Gasteiger partial charge in [0, 0.05) is 18.8 Å². The van der Waals surface area contributed by atoms with Gasteiger partial charge < -0.3 is 15.4 Å². The zero-order valence-corrected chi connectivity index (χ0v) is 22.7. The van der Waals surface area contributed by atoms with E-state index in [0.29, 0.717) is 35.2 Å². The van der Waals surface area contributed by atoms with Crippen molar-refractivity contribution in [2.24, 2.45) is 0 Å². The van der Waals surface area contributed by atoms with E-state index in [1.54, 1.807) is 12.1 Å². The summed E-state index contributed by atoms with van der Waals surface area (Å²) in [6.07, 6.45) is 2.83. The molecule has 1 fully saturated rings. The Labute approximate surface area is 228 Å². The van der Waals surface area contributed by atoms with E-state index in [9.17, 15) is 14.4 Å². The number of amides is 3. The maximum atomic E-state index is 13.8. The summed E-state index contributed by atoms with van der Waals surface area (Å²) in [7, 11) is 0. The second kappa shape index (κ2) is 13.3. The number of nitrogens with zero attached hydrogens (tertiary/aromatic N) is 1. The van der Waals surface area contributed by atoms with E-state index in [0.717, 1.165) is 24.8 Å². The molecule has 3 amide bonds. The fourth-order valence-corrected chi connectivity index (χ4v) is 5.18. The van der Waals surface area contributed by atoms with Gasteiger partial charge in [0.25, 0.3) is 5.91 Å². The van der Waals surface area contributed by atoms with Gasteiger partial charge in [0.15, 0.2) is 0 Å². The minimum atomic E-state index is -0.918. The number of nitrogens with one attached hydrogen (secondary N) is 2. The third-order valence-electron chi connectivity index (χ3n) is 6.92. The van der Waals surface area contributed by atoms with Crippen LogP contribution in [0.25, 0.3) is 0 Å². The van der Waals surface area contributed by atoms with Crippen molar-refractivity contribution in [2.45, 2.75) is 51.2 Å². The molecule has 0 unspecified atom stereocenters. The second-order valence-corrected chi connectivity index (χ2v) is 10.5. The van der Waals surface area contributed by atoms with Gasteiger partial charge in [-0.3, -0.25) is 19.3 Å². The molecule has 2 aromatic carbocycles. The van der Waals surface area contributed by atoms with Gasteiger partial charge >= 0.3 is 0 Å². The monoisotopic (exact) mass is 533 g/mol. The highest BCUT2D eigenvalue weighted by Gasteiger charge is 2.33. The van der Waals surface area contributed by atoms with E-state index in [4.69, 9.17) is 4.74 Å². The number of benzene rings is 2. The fraction of sp³-hybridized carbons (Fsp3) is 0.367. The highest BCUT2D eigenvalue weighted by atomic mass is 32.1. The number of ether oxygens (including phenoxy) is 1. The third-order valence-corrected chi connectivity index (χ3v) is 7.78. The number of carbonyl (C=O) groups excluding carboxylic acids is 3. The number of thiophene rings is 1. The molecule has 1 saturated heterocycles. The van der Waals surface area contributed by atoms with Crippen molar-refractivity contribution in [3.8, 4) is 0 Å². The van der Waals surface area contributed by atoms with Gasteiger partial charge in [0.2, 0.25) is 11.8 Å². The number of carbonyl (C=O) groups is 3. The Kier molecular flexibility index (Phi) is 9.67. The quantitative estimate of drug-likeness (QED) is 0.361. The SMILES string of the molecule is CC[C@@H](C)c1ccc(N(C(=O)CNC(=O)c2cccs2)[C@H](C(=O)NC[C@@H]2CCCO2)c2ccccc2)cc1. The van der Waals surface area contributed by atoms with Crippen LogP contribution in [0.4, 0.5) is 5.69 Å². The number of anilines is 1. The van der Waals surface area contributed by atoms with Crippen molar-refractivity contribution in [3.63, 3.8) is 0 Å². The van der Waals surface area contributed by atoms with Crippen LogP contribution in [0.3, 0.4) is 0 Å². The van der Waals surface area contributed by atoms with E-state index >= 15 is 0 Å². The Morgan fingerprint density at radius 1 is 1.00 bits per heavy atom. The van der Waals surface area contributed by atoms with Crippen LogP contribution in [0.15, 0.2) is 72.1 Å². The first-order valence-electron chi connectivity index (χ1n) is 13.2. The minimum Gasteiger partial charge on any atom is -0.376 e. The third kappa shape index (κ3) is 6.88. The summed E-state index contributed by atoms with van der Waals surface area (Å²) in [5, 5.41) is 7.55. The molecule has 1 aliphatic rings. The Morgan fingerprint density at radius 2 is 1.76 bits per heavy atom. The molecule has 0 bridgehead atoms. The molecule has 0 saturated carbocycles. The maximum Gasteiger partial charge on any atom is 0.261 e. The van der Waals surface area contributed by atoms with Gasteiger partial charge in [-0.2, -0.15) is 0 Å². The fourth-order valence-electron chi connectivity index (χ4n) is 4.54. The van der Waals surface area contributed by atoms with Crippen LogP contribution >= 0.6 is 11.3 Å². The predicted molar refractivity (Wildman–Crippen MR) is 150 cm³/mol. The topological polar surface area (TPSA) is 87.7 Å². The Bertz CT molecular complexity index is 1190. The number of hydrogen-bond acceptors (Lipinski definition) is 5. The molecular weight excluding hydrogens is 498 g/mol. The molecular formula is C30H35N3O4S. The lowest BCUT2D eigenvalue weighted by Crippen LogP contribution is -2.48. The van der Waals surface area contributed by atoms with E-state index in [2.05, 4.69) is 24.5 Å². The van der Waals surface area contributed by atoms with E-state index < -0.39 is 6.04 Å². The molecule has 2 N–H and O–H groups in total. The highest BCUT2D eigenvalue weighted by Crippen LogP contribution is 2.30. The standard InChI is InChI=1S/C30H35N3O4S/c1-3-21(2)22-13-15-24(16-14-22)33(27(34)20-32-29(35)26-12-8-18-38-26)28(23-9-5-4-6-10-23)30(36)31-19-25-11-7-17-37-25/h4-6,8-10,12-16,18,21,25,28H,3,7,11,17,19-20H2,1-2H3,(H,31,36)(H,32,35)/t21-,25+,28+/m1/s1. The predicted octanol–water partition coefficient (Wildman–Crippen LogP) is 5.06. The van der Waals surface area contributed by atoms with Crippen molar-refractivity contribution >= 4 is 34.7 Å². The van der Waals surface area contributed by atoms with Crippen LogP contribution in [0, 0.1) is 0 Å². The summed E-state index contributed by atoms with van der Waals surface area (Å²) >= 11 is 1.31. The van der Waals surface area contributed by atoms with Crippen molar-refractivity contribution in [3.05, 3.63) is 88.1 Å². The smallest absolute Gasteiger partial charge is 0.261 e. The molecule has 1 aliphatic heterocycles. The second-order valence-electron chi connectivity index (χ2n) is 9.52. The molecule has 0 radical (unpaired) electrons. The minimum absolute atomic E-state index is 0.0283. The molecule has 200 valence electrons. The highest BCUT2D eigenvalue weighted by molar-refractivity contribution is 7.12. The van der Waals surface area contributed by atoms with Crippen molar-refractivity contribution in [1.29, 1.82) is 0 Å². The first-order chi connectivity index (χ1) is 18.5. The van der Waals surface area contributed by atoms with Crippen LogP contribution in [0.2, 0.25) is 0 Å². The molecule has 0 spiro atoms. The lowest BCUT2D eigenvalue weighted by Gasteiger charge is -2.32. The molecule has 4 rings (SSSR count). The van der Waals surface area contributed by atoms with Crippen LogP contribution in [-0.2, 0) is 14.3 Å². The Morgan fingerprint density at radius 3 is 2.39 bits per heavy atom. The van der Waals surface area contributed by atoms with Crippen LogP contribution in [0.1, 0.15) is 65.9 Å². The molecule has 3 atom stereocenters. The van der Waals surface area contributed by atoms with Gasteiger partial charge in [0.05, 0.1) is 17.5 Å². The van der Waals surface area contributed by atoms with Crippen molar-refractivity contribution in [1.82, 2.24) is 10.6 Å². The van der Waals surface area contributed by atoms with E-state index in [1.807, 2.05) is 60.0 Å². The lowest BCUT2D eigenvalue weighted by atomic mass is 9.97. The zero-order valence-electron chi connectivity index (χ0n) is 21.9. The largest absolute Gasteiger partial charge is 0.376 e. The van der Waals surface area contributed by atoms with Crippen LogP contribution < -0.4 is 15.5 Å². The first-order valence-corrected chi connectivity index (χ1v) is 14.0. The Balaban J connectivity index is 1.65. The van der Waals surface area contributed by atoms with E-state index in [-0.39, 0.29) is 30.4 Å². The number of rotatable bonds is 11. The van der Waals surface area contributed by atoms with Gasteiger partial charge in [-0.25, -0.2) is 0 Å². The van der Waals surface area contributed by atoms with Crippen molar-refractivity contribution in [2.75, 3.05) is 24.6 Å². The Hall–Kier alpha value is -3.49. The molecule has 0 aliphatic carbocycles. The molecule has 2 heterocycles. The molecule has 38 heavy (non-hydrogen) atoms. The molecule has 1 aromatic heterocycles. The van der Waals surface area contributed by atoms with Gasteiger partial charge in [-0.1, -0.05) is 62.4 Å². The summed E-state index contributed by atoms with van der Waals surface area (Å²) in [5.41, 5.74) is 2.43. The molecule has 3 aromatic rings. The zero-order chi connectivity index (χ0) is 26.9. The van der Waals surface area contributed by atoms with Gasteiger partial charge in [-0.15, -0.1) is 11.3 Å². The summed E-state index contributed by atoms with van der Waals surface area (Å²) in [4.78, 5) is 42.1. The van der Waals surface area contributed by atoms with Crippen LogP contribution in [0.5, 0.6) is 0 Å². The van der Waals surface area contributed by atoms with E-state index in [1.165, 1.54) is 16.2 Å². The lowest BCUT2D eigenvalue weighted by molar-refractivity contribution is -0.126. The average Bonchev–Trinajstić information content (AvgIpc) is 3.68. The number of hydrogen-bond donors (Lipinski definition) is 2. The van der Waals surface area contributed by atoms with Gasteiger partial charge in [0.1, 0.15) is 6.04 Å². The molecule has 8 heteroatoms. The summed E-state index contributed by atoms with van der Waals surface area (Å²) < 4.78 is 5.69. The first kappa shape index (κ1) is 27.5.